The van der Waals surface area contributed by atoms with Gasteiger partial charge >= 0.3 is 0 Å². The summed E-state index contributed by atoms with van der Waals surface area (Å²) in [5.41, 5.74) is 1.97. The van der Waals surface area contributed by atoms with Crippen LogP contribution in [0.15, 0.2) is 30.2 Å². The van der Waals surface area contributed by atoms with Crippen LogP contribution in [0.3, 0.4) is 0 Å². The topological polar surface area (TPSA) is 59.3 Å². The number of aromatic nitrogens is 2. The molecule has 2 heterocycles. The van der Waals surface area contributed by atoms with Crippen LogP contribution < -0.4 is 4.74 Å². The molecule has 1 aliphatic carbocycles. The van der Waals surface area contributed by atoms with Crippen LogP contribution >= 0.6 is 0 Å². The molecule has 23 heavy (non-hydrogen) atoms. The van der Waals surface area contributed by atoms with E-state index >= 15 is 0 Å². The molecule has 1 N–H and O–H groups in total. The Balaban J connectivity index is 1.83. The van der Waals surface area contributed by atoms with Crippen molar-refractivity contribution in [1.29, 1.82) is 0 Å². The zero-order valence-electron chi connectivity index (χ0n) is 13.1. The van der Waals surface area contributed by atoms with Crippen molar-refractivity contribution >= 4 is 16.8 Å². The number of pyridine rings is 1. The summed E-state index contributed by atoms with van der Waals surface area (Å²) in [5, 5.41) is 0.977. The number of hydrogen-bond acceptors (Lipinski definition) is 3. The molecule has 0 radical (unpaired) electrons. The minimum atomic E-state index is -0.205. The number of carbonyl (C=O) groups excluding carboxylic acids is 1. The van der Waals surface area contributed by atoms with Gasteiger partial charge in [0.1, 0.15) is 11.4 Å². The molecule has 2 aromatic rings. The third-order valence-electron chi connectivity index (χ3n) is 4.19. The molecule has 0 spiro atoms. The van der Waals surface area contributed by atoms with Crippen LogP contribution in [0.2, 0.25) is 0 Å². The quantitative estimate of drug-likeness (QED) is 0.674. The van der Waals surface area contributed by atoms with Crippen LogP contribution in [0, 0.1) is 6.57 Å². The van der Waals surface area contributed by atoms with Gasteiger partial charge in [-0.2, -0.15) is 0 Å². The van der Waals surface area contributed by atoms with E-state index in [9.17, 15) is 4.79 Å². The summed E-state index contributed by atoms with van der Waals surface area (Å²) in [7, 11) is 0. The number of hydrogen-bond donors (Lipinski definition) is 1. The van der Waals surface area contributed by atoms with Crippen LogP contribution in [0.1, 0.15) is 38.2 Å². The van der Waals surface area contributed by atoms with Gasteiger partial charge in [0.25, 0.3) is 0 Å². The lowest BCUT2D eigenvalue weighted by atomic mass is 10.1. The Morgan fingerprint density at radius 1 is 1.52 bits per heavy atom. The Kier molecular flexibility index (Phi) is 4.42. The van der Waals surface area contributed by atoms with Gasteiger partial charge in [-0.3, -0.25) is 0 Å². The van der Waals surface area contributed by atoms with Crippen molar-refractivity contribution in [3.8, 4) is 5.75 Å². The fourth-order valence-electron chi connectivity index (χ4n) is 2.95. The summed E-state index contributed by atoms with van der Waals surface area (Å²) in [6, 6.07) is 1.99. The van der Waals surface area contributed by atoms with Gasteiger partial charge in [0, 0.05) is 11.6 Å². The largest absolute Gasteiger partial charge is 0.489 e. The van der Waals surface area contributed by atoms with Crippen molar-refractivity contribution in [1.82, 2.24) is 9.97 Å². The van der Waals surface area contributed by atoms with E-state index in [2.05, 4.69) is 14.8 Å². The fourth-order valence-corrected chi connectivity index (χ4v) is 2.95. The van der Waals surface area contributed by atoms with Crippen molar-refractivity contribution in [3.63, 3.8) is 0 Å². The average Bonchev–Trinajstić information content (AvgIpc) is 3.17. The minimum absolute atomic E-state index is 0.172. The summed E-state index contributed by atoms with van der Waals surface area (Å²) in [4.78, 5) is 22.1. The number of nitrogens with one attached hydrogen (secondary N) is 1. The lowest BCUT2D eigenvalue weighted by Gasteiger charge is -2.12. The predicted octanol–water partition coefficient (Wildman–Crippen LogP) is 3.82. The second-order valence-electron chi connectivity index (χ2n) is 5.87. The monoisotopic (exact) mass is 309 g/mol. The van der Waals surface area contributed by atoms with E-state index in [1.807, 2.05) is 12.3 Å². The van der Waals surface area contributed by atoms with Gasteiger partial charge in [-0.05, 0) is 50.7 Å². The number of allylic oxidation sites excluding steroid dienone is 2. The molecule has 118 valence electrons. The molecule has 0 bridgehead atoms. The van der Waals surface area contributed by atoms with Crippen molar-refractivity contribution in [3.05, 3.63) is 47.2 Å². The van der Waals surface area contributed by atoms with Crippen molar-refractivity contribution in [2.45, 2.75) is 45.1 Å². The molecule has 0 aromatic carbocycles. The van der Waals surface area contributed by atoms with Gasteiger partial charge in [-0.1, -0.05) is 6.08 Å². The van der Waals surface area contributed by atoms with Crippen LogP contribution in [0.25, 0.3) is 15.9 Å². The first kappa shape index (κ1) is 15.3. The van der Waals surface area contributed by atoms with Gasteiger partial charge < -0.3 is 14.5 Å². The third-order valence-corrected chi connectivity index (χ3v) is 4.19. The van der Waals surface area contributed by atoms with E-state index in [1.165, 1.54) is 19.8 Å². The predicted molar refractivity (Wildman–Crippen MR) is 88.0 cm³/mol. The molecule has 5 nitrogen and oxygen atoms in total. The van der Waals surface area contributed by atoms with E-state index in [1.54, 1.807) is 12.3 Å². The maximum absolute atomic E-state index is 11.3. The van der Waals surface area contributed by atoms with E-state index in [0.29, 0.717) is 12.5 Å². The highest BCUT2D eigenvalue weighted by Gasteiger charge is 2.17. The highest BCUT2D eigenvalue weighted by Crippen LogP contribution is 2.27. The number of ketones is 1. The molecule has 1 aliphatic rings. The molecule has 3 rings (SSSR count). The maximum Gasteiger partial charge on any atom is 0.225 e. The van der Waals surface area contributed by atoms with Crippen LogP contribution in [-0.2, 0) is 11.2 Å². The van der Waals surface area contributed by atoms with Crippen molar-refractivity contribution in [2.75, 3.05) is 0 Å². The molecule has 0 aliphatic heterocycles. The first-order chi connectivity index (χ1) is 11.2. The molecule has 5 heteroatoms. The SMILES string of the molecule is [C-]#[N+]/C(=C\Cc1c[nH]c2ncc(OC3CCCC3)cc12)C(C)=O. The number of ether oxygens (including phenoxy) is 1. The molecule has 0 amide bonds. The Morgan fingerprint density at radius 3 is 3.00 bits per heavy atom. The first-order valence-corrected chi connectivity index (χ1v) is 7.88. The van der Waals surface area contributed by atoms with Gasteiger partial charge in [0.05, 0.1) is 18.9 Å². The van der Waals surface area contributed by atoms with Crippen molar-refractivity contribution < 1.29 is 9.53 Å². The smallest absolute Gasteiger partial charge is 0.225 e. The Morgan fingerprint density at radius 2 is 2.30 bits per heavy atom. The number of aromatic amines is 1. The number of rotatable bonds is 5. The number of carbonyl (C=O) groups is 1. The van der Waals surface area contributed by atoms with Gasteiger partial charge in [0.2, 0.25) is 5.70 Å². The molecule has 1 saturated carbocycles. The van der Waals surface area contributed by atoms with Crippen LogP contribution in [0.5, 0.6) is 5.75 Å². The zero-order valence-corrected chi connectivity index (χ0v) is 13.1. The Hall–Kier alpha value is -2.61. The average molecular weight is 309 g/mol. The number of nitrogens with zero attached hydrogens (tertiary/aromatic N) is 2. The molecule has 0 saturated heterocycles. The van der Waals surface area contributed by atoms with Gasteiger partial charge in [0.15, 0.2) is 5.78 Å². The first-order valence-electron chi connectivity index (χ1n) is 7.88. The van der Waals surface area contributed by atoms with Crippen molar-refractivity contribution in [2.24, 2.45) is 0 Å². The molecule has 0 atom stereocenters. The van der Waals surface area contributed by atoms with Crippen LogP contribution in [0.4, 0.5) is 0 Å². The number of Topliss-reactive ketones (excluding diaryl/α,β-unsaturated/α-hetero) is 1. The molecule has 0 unspecified atom stereocenters. The zero-order chi connectivity index (χ0) is 16.2. The van der Waals surface area contributed by atoms with E-state index in [-0.39, 0.29) is 11.5 Å². The molecular weight excluding hydrogens is 290 g/mol. The summed E-state index contributed by atoms with van der Waals surface area (Å²) >= 11 is 0. The van der Waals surface area contributed by atoms with Crippen LogP contribution in [-0.4, -0.2) is 21.9 Å². The lowest BCUT2D eigenvalue weighted by Crippen LogP contribution is -2.10. The van der Waals surface area contributed by atoms with Gasteiger partial charge in [-0.15, -0.1) is 0 Å². The highest BCUT2D eigenvalue weighted by molar-refractivity contribution is 5.95. The second kappa shape index (κ2) is 6.66. The maximum atomic E-state index is 11.3. The summed E-state index contributed by atoms with van der Waals surface area (Å²) in [6.07, 6.45) is 10.8. The standard InChI is InChI=1S/C18H19N3O2/c1-12(22)17(19-2)8-7-13-10-20-18-16(13)9-15(11-21-18)23-14-5-3-4-6-14/h8-11,14H,3-7H2,1H3,(H,20,21)/b17-8-. The normalized spacial score (nSPS) is 15.7. The minimum Gasteiger partial charge on any atom is -0.489 e. The second-order valence-corrected chi connectivity index (χ2v) is 5.87. The molecule has 1 fully saturated rings. The number of fused-ring (bicyclic) bond motifs is 1. The van der Waals surface area contributed by atoms with E-state index in [0.717, 1.165) is 35.2 Å². The lowest BCUT2D eigenvalue weighted by molar-refractivity contribution is -0.113. The Labute approximate surface area is 135 Å². The molecular formula is C18H19N3O2. The Bertz CT molecular complexity index is 792. The number of H-pyrrole nitrogens is 1. The fraction of sp³-hybridized carbons (Fsp3) is 0.389. The summed E-state index contributed by atoms with van der Waals surface area (Å²) < 4.78 is 6.00. The van der Waals surface area contributed by atoms with Gasteiger partial charge in [-0.25, -0.2) is 9.83 Å². The summed E-state index contributed by atoms with van der Waals surface area (Å²) in [6.45, 7) is 8.45. The highest BCUT2D eigenvalue weighted by atomic mass is 16.5. The summed E-state index contributed by atoms with van der Waals surface area (Å²) in [5.74, 6) is 0.578. The van der Waals surface area contributed by atoms with E-state index in [4.69, 9.17) is 11.3 Å². The van der Waals surface area contributed by atoms with E-state index < -0.39 is 0 Å². The third kappa shape index (κ3) is 3.42. The molecule has 2 aromatic heterocycles.